The number of carbonyl (C=O) groups excluding carboxylic acids is 3. The summed E-state index contributed by atoms with van der Waals surface area (Å²) in [6, 6.07) is 13.7. The summed E-state index contributed by atoms with van der Waals surface area (Å²) in [5.74, 6) is -0.0696. The molecule has 1 fully saturated rings. The molecule has 3 heterocycles. The second-order valence-electron chi connectivity index (χ2n) is 9.12. The van der Waals surface area contributed by atoms with Crippen molar-refractivity contribution in [3.63, 3.8) is 0 Å². The molecule has 0 aliphatic carbocycles. The third-order valence-corrected chi connectivity index (χ3v) is 6.75. The fourth-order valence-corrected chi connectivity index (χ4v) is 5.01. The van der Waals surface area contributed by atoms with Crippen LogP contribution in [0, 0.1) is 13.8 Å². The van der Waals surface area contributed by atoms with E-state index in [2.05, 4.69) is 18.2 Å². The molecule has 0 spiro atoms. The number of aryl methyl sites for hydroxylation is 2. The van der Waals surface area contributed by atoms with E-state index in [1.165, 1.54) is 4.90 Å². The second-order valence-corrected chi connectivity index (χ2v) is 9.12. The maximum Gasteiger partial charge on any atom is 0.328 e. The predicted octanol–water partition coefficient (Wildman–Crippen LogP) is 3.52. The SMILES string of the molecule is CC1=C(C)N2C(=NC3C2C(=O)N(CC(=O)c2ccccc2)C(=O)N3C)N1c1cc(C)cc(C)c1. The Labute approximate surface area is 198 Å². The number of benzene rings is 2. The Bertz CT molecular complexity index is 1260. The van der Waals surface area contributed by atoms with Gasteiger partial charge in [0.2, 0.25) is 5.96 Å². The minimum absolute atomic E-state index is 0.282. The van der Waals surface area contributed by atoms with Crippen molar-refractivity contribution < 1.29 is 14.4 Å². The summed E-state index contributed by atoms with van der Waals surface area (Å²) in [5.41, 5.74) is 5.56. The van der Waals surface area contributed by atoms with Gasteiger partial charge in [-0.05, 0) is 51.0 Å². The van der Waals surface area contributed by atoms with Crippen molar-refractivity contribution in [1.29, 1.82) is 0 Å². The molecular weight excluding hydrogens is 430 g/mol. The summed E-state index contributed by atoms with van der Waals surface area (Å²) in [5, 5.41) is 0. The number of imide groups is 1. The van der Waals surface area contributed by atoms with Crippen LogP contribution in [0.15, 0.2) is 64.9 Å². The Balaban J connectivity index is 1.50. The highest BCUT2D eigenvalue weighted by Crippen LogP contribution is 2.40. The summed E-state index contributed by atoms with van der Waals surface area (Å²) < 4.78 is 0. The number of anilines is 1. The molecule has 2 atom stereocenters. The summed E-state index contributed by atoms with van der Waals surface area (Å²) in [4.78, 5) is 50.9. The highest BCUT2D eigenvalue weighted by molar-refractivity contribution is 6.12. The number of aliphatic imine (C=N–C) groups is 1. The maximum atomic E-state index is 13.6. The molecule has 0 bridgehead atoms. The normalized spacial score (nSPS) is 21.9. The number of nitrogens with zero attached hydrogens (tertiary/aromatic N) is 5. The lowest BCUT2D eigenvalue weighted by Gasteiger charge is -2.40. The summed E-state index contributed by atoms with van der Waals surface area (Å²) in [7, 11) is 1.63. The van der Waals surface area contributed by atoms with E-state index in [1.807, 2.05) is 43.6 Å². The van der Waals surface area contributed by atoms with Crippen LogP contribution in [0.4, 0.5) is 10.5 Å². The molecule has 0 saturated carbocycles. The van der Waals surface area contributed by atoms with Crippen LogP contribution in [-0.2, 0) is 4.79 Å². The number of rotatable bonds is 4. The van der Waals surface area contributed by atoms with Gasteiger partial charge in [0, 0.05) is 29.7 Å². The van der Waals surface area contributed by atoms with E-state index in [1.54, 1.807) is 31.3 Å². The molecule has 0 N–H and O–H groups in total. The third-order valence-electron chi connectivity index (χ3n) is 6.75. The van der Waals surface area contributed by atoms with E-state index in [9.17, 15) is 14.4 Å². The first kappa shape index (κ1) is 21.9. The number of fused-ring (bicyclic) bond motifs is 3. The minimum Gasteiger partial charge on any atom is -0.302 e. The fourth-order valence-electron chi connectivity index (χ4n) is 5.01. The number of urea groups is 1. The molecule has 5 rings (SSSR count). The number of hydrogen-bond donors (Lipinski definition) is 0. The quantitative estimate of drug-likeness (QED) is 0.657. The topological polar surface area (TPSA) is 76.5 Å². The molecule has 2 aromatic carbocycles. The first-order valence-electron chi connectivity index (χ1n) is 11.3. The zero-order valence-electron chi connectivity index (χ0n) is 19.9. The molecule has 1 saturated heterocycles. The second kappa shape index (κ2) is 7.83. The van der Waals surface area contributed by atoms with E-state index in [0.717, 1.165) is 33.1 Å². The molecular formula is C26H27N5O3. The number of amides is 3. The average Bonchev–Trinajstić information content (AvgIpc) is 3.30. The van der Waals surface area contributed by atoms with Crippen LogP contribution in [0.25, 0.3) is 0 Å². The summed E-state index contributed by atoms with van der Waals surface area (Å²) in [6.45, 7) is 7.75. The smallest absolute Gasteiger partial charge is 0.302 e. The van der Waals surface area contributed by atoms with Crippen molar-refractivity contribution >= 4 is 29.4 Å². The van der Waals surface area contributed by atoms with Crippen molar-refractivity contribution in [3.05, 3.63) is 76.6 Å². The van der Waals surface area contributed by atoms with Crippen LogP contribution in [0.2, 0.25) is 0 Å². The number of guanidine groups is 1. The van der Waals surface area contributed by atoms with Gasteiger partial charge < -0.3 is 4.90 Å². The molecule has 0 aromatic heterocycles. The van der Waals surface area contributed by atoms with Gasteiger partial charge in [-0.15, -0.1) is 0 Å². The van der Waals surface area contributed by atoms with Gasteiger partial charge in [0.1, 0.15) is 0 Å². The number of carbonyl (C=O) groups is 3. The molecule has 8 nitrogen and oxygen atoms in total. The van der Waals surface area contributed by atoms with Crippen LogP contribution in [0.1, 0.15) is 35.3 Å². The molecule has 2 aromatic rings. The maximum absolute atomic E-state index is 13.6. The van der Waals surface area contributed by atoms with Crippen molar-refractivity contribution in [2.75, 3.05) is 18.5 Å². The molecule has 174 valence electrons. The van der Waals surface area contributed by atoms with E-state index in [-0.39, 0.29) is 12.3 Å². The predicted molar refractivity (Wildman–Crippen MR) is 129 cm³/mol. The van der Waals surface area contributed by atoms with E-state index in [4.69, 9.17) is 4.99 Å². The number of hydrogen-bond acceptors (Lipinski definition) is 6. The average molecular weight is 458 g/mol. The zero-order valence-corrected chi connectivity index (χ0v) is 19.9. The van der Waals surface area contributed by atoms with E-state index in [0.29, 0.717) is 11.5 Å². The summed E-state index contributed by atoms with van der Waals surface area (Å²) in [6.07, 6.45) is -0.658. The zero-order chi connectivity index (χ0) is 24.3. The van der Waals surface area contributed by atoms with Crippen LogP contribution < -0.4 is 4.90 Å². The van der Waals surface area contributed by atoms with Crippen molar-refractivity contribution in [1.82, 2.24) is 14.7 Å². The van der Waals surface area contributed by atoms with Gasteiger partial charge in [0.15, 0.2) is 18.0 Å². The Morgan fingerprint density at radius 2 is 1.59 bits per heavy atom. The molecule has 3 aliphatic rings. The van der Waals surface area contributed by atoms with Gasteiger partial charge >= 0.3 is 6.03 Å². The third kappa shape index (κ3) is 3.21. The highest BCUT2D eigenvalue weighted by atomic mass is 16.2. The molecule has 3 aliphatic heterocycles. The Morgan fingerprint density at radius 1 is 0.941 bits per heavy atom. The van der Waals surface area contributed by atoms with Crippen LogP contribution >= 0.6 is 0 Å². The molecule has 8 heteroatoms. The number of allylic oxidation sites excluding steroid dienone is 2. The first-order valence-corrected chi connectivity index (χ1v) is 11.3. The van der Waals surface area contributed by atoms with Gasteiger partial charge in [-0.2, -0.15) is 0 Å². The Morgan fingerprint density at radius 3 is 2.24 bits per heavy atom. The van der Waals surface area contributed by atoms with Crippen LogP contribution in [0.5, 0.6) is 0 Å². The Kier molecular flexibility index (Phi) is 5.04. The standard InChI is InChI=1S/C26H27N5O3/c1-15-11-16(2)13-20(12-15)30-17(3)18(4)31-22-23(27-25(30)31)28(5)26(34)29(24(22)33)14-21(32)19-9-7-6-8-10-19/h6-13,22-23H,14H2,1-5H3. The lowest BCUT2D eigenvalue weighted by atomic mass is 10.1. The first-order chi connectivity index (χ1) is 16.2. The molecule has 0 radical (unpaired) electrons. The fraction of sp³-hybridized carbons (Fsp3) is 0.308. The van der Waals surface area contributed by atoms with Gasteiger partial charge in [0.05, 0.1) is 6.54 Å². The van der Waals surface area contributed by atoms with Gasteiger partial charge in [-0.3, -0.25) is 24.3 Å². The lowest BCUT2D eigenvalue weighted by molar-refractivity contribution is -0.136. The Hall–Kier alpha value is -3.94. The van der Waals surface area contributed by atoms with E-state index >= 15 is 0 Å². The molecule has 34 heavy (non-hydrogen) atoms. The molecule has 2 unspecified atom stereocenters. The van der Waals surface area contributed by atoms with Crippen molar-refractivity contribution in [3.8, 4) is 0 Å². The minimum atomic E-state index is -0.716. The number of ketones is 1. The monoisotopic (exact) mass is 457 g/mol. The lowest BCUT2D eigenvalue weighted by Crippen LogP contribution is -2.65. The van der Waals surface area contributed by atoms with Crippen LogP contribution in [0.3, 0.4) is 0 Å². The van der Waals surface area contributed by atoms with Crippen molar-refractivity contribution in [2.45, 2.75) is 39.9 Å². The van der Waals surface area contributed by atoms with E-state index < -0.39 is 24.1 Å². The van der Waals surface area contributed by atoms with Crippen molar-refractivity contribution in [2.24, 2.45) is 4.99 Å². The van der Waals surface area contributed by atoms with Gasteiger partial charge in [0.25, 0.3) is 5.91 Å². The number of Topliss-reactive ketones (excluding diaryl/α,β-unsaturated/α-hetero) is 1. The largest absolute Gasteiger partial charge is 0.328 e. The molecule has 3 amide bonds. The van der Waals surface area contributed by atoms with Crippen LogP contribution in [-0.4, -0.2) is 64.2 Å². The highest BCUT2D eigenvalue weighted by Gasteiger charge is 2.56. The van der Waals surface area contributed by atoms with Gasteiger partial charge in [-0.1, -0.05) is 36.4 Å². The van der Waals surface area contributed by atoms with Gasteiger partial charge in [-0.25, -0.2) is 9.79 Å². The number of likely N-dealkylation sites (N-methyl/N-ethyl adjacent to an activating group) is 1. The summed E-state index contributed by atoms with van der Waals surface area (Å²) >= 11 is 0.